The lowest BCUT2D eigenvalue weighted by molar-refractivity contribution is 0.0155. The second kappa shape index (κ2) is 8.63. The second-order valence-corrected chi connectivity index (χ2v) is 5.75. The molecule has 0 saturated carbocycles. The van der Waals surface area contributed by atoms with Gasteiger partial charge in [-0.3, -0.25) is 4.98 Å². The number of amides is 1. The van der Waals surface area contributed by atoms with Crippen molar-refractivity contribution in [2.75, 3.05) is 6.54 Å². The van der Waals surface area contributed by atoms with Crippen molar-refractivity contribution in [2.45, 2.75) is 25.7 Å². The van der Waals surface area contributed by atoms with Crippen molar-refractivity contribution in [3.05, 3.63) is 64.4 Å². The van der Waals surface area contributed by atoms with Crippen LogP contribution >= 0.6 is 11.6 Å². The first-order valence-corrected chi connectivity index (χ1v) is 7.78. The van der Waals surface area contributed by atoms with E-state index in [0.717, 1.165) is 5.56 Å². The van der Waals surface area contributed by atoms with Crippen LogP contribution < -0.4 is 5.32 Å². The third-order valence-corrected chi connectivity index (χ3v) is 3.60. The van der Waals surface area contributed by atoms with Crippen LogP contribution in [0.15, 0.2) is 42.6 Å². The highest BCUT2D eigenvalue weighted by Crippen LogP contribution is 2.20. The van der Waals surface area contributed by atoms with E-state index in [-0.39, 0.29) is 13.2 Å². The average Bonchev–Trinajstić information content (AvgIpc) is 2.58. The summed E-state index contributed by atoms with van der Waals surface area (Å²) in [7, 11) is 0. The van der Waals surface area contributed by atoms with Crippen LogP contribution in [-0.2, 0) is 11.3 Å². The van der Waals surface area contributed by atoms with Crippen molar-refractivity contribution in [3.63, 3.8) is 0 Å². The van der Waals surface area contributed by atoms with Crippen LogP contribution in [0.4, 0.5) is 4.79 Å². The smallest absolute Gasteiger partial charge is 0.407 e. The fourth-order valence-corrected chi connectivity index (χ4v) is 2.33. The Balaban J connectivity index is 1.81. The summed E-state index contributed by atoms with van der Waals surface area (Å²) in [5.74, 6) is 0. The fourth-order valence-electron chi connectivity index (χ4n) is 2.12. The molecule has 2 rings (SSSR count). The number of hydrogen-bond acceptors (Lipinski definition) is 5. The summed E-state index contributed by atoms with van der Waals surface area (Å²) in [6, 6.07) is 10.9. The van der Waals surface area contributed by atoms with Crippen LogP contribution in [0.3, 0.4) is 0 Å². The lowest BCUT2D eigenvalue weighted by Crippen LogP contribution is -2.36. The Morgan fingerprint density at radius 1 is 1.33 bits per heavy atom. The number of aromatic nitrogens is 1. The predicted octanol–water partition coefficient (Wildman–Crippen LogP) is 2.36. The zero-order valence-electron chi connectivity index (χ0n) is 13.1. The van der Waals surface area contributed by atoms with E-state index >= 15 is 0 Å². The van der Waals surface area contributed by atoms with Crippen molar-refractivity contribution in [2.24, 2.45) is 0 Å². The molecule has 0 aliphatic carbocycles. The minimum Gasteiger partial charge on any atom is -0.445 e. The van der Waals surface area contributed by atoms with Gasteiger partial charge in [-0.15, -0.1) is 0 Å². The van der Waals surface area contributed by atoms with Gasteiger partial charge < -0.3 is 20.3 Å². The second-order valence-electron chi connectivity index (χ2n) is 5.31. The monoisotopic (exact) mass is 350 g/mol. The number of hydrogen-bond donors (Lipinski definition) is 3. The highest BCUT2D eigenvalue weighted by atomic mass is 35.5. The minimum atomic E-state index is -1.24. The molecule has 0 aliphatic rings. The van der Waals surface area contributed by atoms with Crippen LogP contribution in [0.25, 0.3) is 0 Å². The van der Waals surface area contributed by atoms with E-state index < -0.39 is 18.3 Å². The zero-order valence-corrected chi connectivity index (χ0v) is 13.9. The number of rotatable bonds is 6. The molecule has 0 bridgehead atoms. The van der Waals surface area contributed by atoms with Crippen LogP contribution in [0.5, 0.6) is 0 Å². The fraction of sp³-hybridized carbons (Fsp3) is 0.294. The molecular formula is C17H19ClN2O4. The predicted molar refractivity (Wildman–Crippen MR) is 89.6 cm³/mol. The molecule has 24 heavy (non-hydrogen) atoms. The number of pyridine rings is 1. The number of nitrogens with zero attached hydrogens (tertiary/aromatic N) is 1. The van der Waals surface area contributed by atoms with Crippen LogP contribution in [0, 0.1) is 6.92 Å². The Labute approximate surface area is 145 Å². The molecule has 6 nitrogen and oxygen atoms in total. The number of carbonyl (C=O) groups is 1. The number of aliphatic hydroxyl groups excluding tert-OH is 2. The van der Waals surface area contributed by atoms with E-state index in [1.807, 2.05) is 30.3 Å². The van der Waals surface area contributed by atoms with Gasteiger partial charge in [0.1, 0.15) is 18.8 Å². The van der Waals surface area contributed by atoms with Gasteiger partial charge in [-0.2, -0.15) is 0 Å². The maximum Gasteiger partial charge on any atom is 0.407 e. The minimum absolute atomic E-state index is 0.128. The molecule has 0 spiro atoms. The maximum atomic E-state index is 11.6. The van der Waals surface area contributed by atoms with E-state index in [4.69, 9.17) is 16.3 Å². The molecule has 0 fully saturated rings. The van der Waals surface area contributed by atoms with Gasteiger partial charge in [0, 0.05) is 12.7 Å². The Bertz CT molecular complexity index is 682. The molecule has 0 aliphatic heterocycles. The Hall–Kier alpha value is -2.15. The first-order valence-electron chi connectivity index (χ1n) is 7.40. The van der Waals surface area contributed by atoms with E-state index in [9.17, 15) is 15.0 Å². The van der Waals surface area contributed by atoms with E-state index in [1.165, 1.54) is 6.20 Å². The van der Waals surface area contributed by atoms with Gasteiger partial charge in [0.05, 0.1) is 10.7 Å². The quantitative estimate of drug-likeness (QED) is 0.744. The molecule has 7 heteroatoms. The number of carbonyl (C=O) groups excluding carboxylic acids is 1. The number of halogens is 1. The highest BCUT2D eigenvalue weighted by Gasteiger charge is 2.22. The normalized spacial score (nSPS) is 13.2. The third kappa shape index (κ3) is 5.19. The van der Waals surface area contributed by atoms with Gasteiger partial charge in [0.2, 0.25) is 0 Å². The SMILES string of the molecule is Cc1cc(Cl)cnc1C(O)C(O)CNC(=O)OCc1ccccc1. The zero-order chi connectivity index (χ0) is 17.5. The first-order chi connectivity index (χ1) is 11.5. The Morgan fingerprint density at radius 3 is 2.71 bits per heavy atom. The average molecular weight is 351 g/mol. The van der Waals surface area contributed by atoms with Gasteiger partial charge in [-0.05, 0) is 24.1 Å². The summed E-state index contributed by atoms with van der Waals surface area (Å²) < 4.78 is 5.03. The standard InChI is InChI=1S/C17H19ClN2O4/c1-11-7-13(18)8-19-15(11)16(22)14(21)9-20-17(23)24-10-12-5-3-2-4-6-12/h2-8,14,16,21-22H,9-10H2,1H3,(H,20,23). The van der Waals surface area contributed by atoms with E-state index in [2.05, 4.69) is 10.3 Å². The van der Waals surface area contributed by atoms with E-state index in [1.54, 1.807) is 13.0 Å². The van der Waals surface area contributed by atoms with Gasteiger partial charge in [0.15, 0.2) is 0 Å². The number of aliphatic hydroxyl groups is 2. The molecule has 1 heterocycles. The lowest BCUT2D eigenvalue weighted by Gasteiger charge is -2.19. The summed E-state index contributed by atoms with van der Waals surface area (Å²) in [6.45, 7) is 1.69. The lowest BCUT2D eigenvalue weighted by atomic mass is 10.1. The first kappa shape index (κ1) is 18.2. The molecule has 3 N–H and O–H groups in total. The molecular weight excluding hydrogens is 332 g/mol. The van der Waals surface area contributed by atoms with Crippen molar-refractivity contribution in [3.8, 4) is 0 Å². The van der Waals surface area contributed by atoms with Crippen LogP contribution in [-0.4, -0.2) is 33.9 Å². The third-order valence-electron chi connectivity index (χ3n) is 3.40. The van der Waals surface area contributed by atoms with Gasteiger partial charge in [-0.25, -0.2) is 4.79 Å². The maximum absolute atomic E-state index is 11.6. The number of aryl methyl sites for hydroxylation is 1. The summed E-state index contributed by atoms with van der Waals surface area (Å²) in [6.07, 6.45) is -1.74. The van der Waals surface area contributed by atoms with E-state index in [0.29, 0.717) is 16.3 Å². The van der Waals surface area contributed by atoms with Crippen molar-refractivity contribution in [1.29, 1.82) is 0 Å². The van der Waals surface area contributed by atoms with Crippen molar-refractivity contribution >= 4 is 17.7 Å². The molecule has 1 aromatic carbocycles. The summed E-state index contributed by atoms with van der Waals surface area (Å²) in [5.41, 5.74) is 1.82. The largest absolute Gasteiger partial charge is 0.445 e. The molecule has 0 radical (unpaired) electrons. The number of alkyl carbamates (subject to hydrolysis) is 1. The molecule has 1 aromatic heterocycles. The highest BCUT2D eigenvalue weighted by molar-refractivity contribution is 6.30. The van der Waals surface area contributed by atoms with Crippen molar-refractivity contribution in [1.82, 2.24) is 10.3 Å². The molecule has 1 amide bonds. The molecule has 2 unspecified atom stereocenters. The van der Waals surface area contributed by atoms with Crippen LogP contribution in [0.2, 0.25) is 5.02 Å². The van der Waals surface area contributed by atoms with Gasteiger partial charge in [0.25, 0.3) is 0 Å². The Kier molecular flexibility index (Phi) is 6.54. The molecule has 0 saturated heterocycles. The summed E-state index contributed by atoms with van der Waals surface area (Å²) in [5, 5.41) is 23.0. The molecule has 2 aromatic rings. The number of ether oxygens (including phenoxy) is 1. The van der Waals surface area contributed by atoms with Crippen LogP contribution in [0.1, 0.15) is 22.9 Å². The van der Waals surface area contributed by atoms with Gasteiger partial charge >= 0.3 is 6.09 Å². The Morgan fingerprint density at radius 2 is 2.04 bits per heavy atom. The van der Waals surface area contributed by atoms with Crippen molar-refractivity contribution < 1.29 is 19.7 Å². The van der Waals surface area contributed by atoms with Gasteiger partial charge in [-0.1, -0.05) is 41.9 Å². The molecule has 128 valence electrons. The number of nitrogens with one attached hydrogen (secondary N) is 1. The molecule has 2 atom stereocenters. The summed E-state index contributed by atoms with van der Waals surface area (Å²) >= 11 is 5.81. The number of benzene rings is 1. The topological polar surface area (TPSA) is 91.7 Å². The summed E-state index contributed by atoms with van der Waals surface area (Å²) in [4.78, 5) is 15.6.